The number of hydrogen-bond donors (Lipinski definition) is 0. The minimum absolute atomic E-state index is 0.0254. The number of amides is 1. The van der Waals surface area contributed by atoms with E-state index in [0.29, 0.717) is 25.2 Å². The van der Waals surface area contributed by atoms with E-state index in [1.807, 2.05) is 30.0 Å². The molecule has 0 unspecified atom stereocenters. The van der Waals surface area contributed by atoms with E-state index in [9.17, 15) is 9.18 Å². The molecule has 7 heteroatoms. The molecule has 1 aliphatic heterocycles. The zero-order valence-electron chi connectivity index (χ0n) is 19.5. The van der Waals surface area contributed by atoms with E-state index in [-0.39, 0.29) is 18.3 Å². The van der Waals surface area contributed by atoms with Crippen LogP contribution in [-0.2, 0) is 17.9 Å². The number of benzene rings is 2. The standard InChI is InChI=1S/C27H28FN5O/c1-19-7-9-21(10-8-19)23-11-12-29-27-26(23)20(2)30-33(27)18-25(34)32-15-13-31(14-16-32)17-22-5-3-4-6-24(22)28/h3-12H,13-18H2,1-2H3. The number of piperazine rings is 1. The molecule has 1 aliphatic rings. The average Bonchev–Trinajstić information content (AvgIpc) is 3.17. The van der Waals surface area contributed by atoms with E-state index in [1.165, 1.54) is 11.6 Å². The summed E-state index contributed by atoms with van der Waals surface area (Å²) in [5.74, 6) is -0.156. The summed E-state index contributed by atoms with van der Waals surface area (Å²) in [5, 5.41) is 5.64. The van der Waals surface area contributed by atoms with Crippen LogP contribution in [0.4, 0.5) is 4.39 Å². The van der Waals surface area contributed by atoms with Crippen LogP contribution < -0.4 is 0 Å². The summed E-state index contributed by atoms with van der Waals surface area (Å²) < 4.78 is 15.7. The monoisotopic (exact) mass is 457 g/mol. The summed E-state index contributed by atoms with van der Waals surface area (Å²) in [6, 6.07) is 17.3. The van der Waals surface area contributed by atoms with Gasteiger partial charge in [-0.3, -0.25) is 9.69 Å². The van der Waals surface area contributed by atoms with Crippen LogP contribution in [0.2, 0.25) is 0 Å². The smallest absolute Gasteiger partial charge is 0.244 e. The maximum absolute atomic E-state index is 14.0. The van der Waals surface area contributed by atoms with Crippen molar-refractivity contribution in [1.29, 1.82) is 0 Å². The average molecular weight is 458 g/mol. The summed E-state index contributed by atoms with van der Waals surface area (Å²) in [6.45, 7) is 7.42. The van der Waals surface area contributed by atoms with Gasteiger partial charge in [0.2, 0.25) is 5.91 Å². The number of nitrogens with zero attached hydrogens (tertiary/aromatic N) is 5. The summed E-state index contributed by atoms with van der Waals surface area (Å²) in [6.07, 6.45) is 1.78. The van der Waals surface area contributed by atoms with Gasteiger partial charge in [-0.15, -0.1) is 0 Å². The molecule has 2 aromatic heterocycles. The van der Waals surface area contributed by atoms with Crippen molar-refractivity contribution in [2.75, 3.05) is 26.2 Å². The number of aryl methyl sites for hydroxylation is 2. The van der Waals surface area contributed by atoms with Crippen LogP contribution in [0.15, 0.2) is 60.8 Å². The van der Waals surface area contributed by atoms with Gasteiger partial charge in [0.05, 0.1) is 5.69 Å². The topological polar surface area (TPSA) is 54.3 Å². The van der Waals surface area contributed by atoms with E-state index in [4.69, 9.17) is 0 Å². The van der Waals surface area contributed by atoms with Crippen molar-refractivity contribution in [2.45, 2.75) is 26.9 Å². The van der Waals surface area contributed by atoms with Crippen LogP contribution in [0.1, 0.15) is 16.8 Å². The van der Waals surface area contributed by atoms with E-state index in [2.05, 4.69) is 46.2 Å². The Labute approximate surface area is 198 Å². The minimum Gasteiger partial charge on any atom is -0.339 e. The Balaban J connectivity index is 1.28. The number of carbonyl (C=O) groups is 1. The zero-order valence-corrected chi connectivity index (χ0v) is 19.5. The lowest BCUT2D eigenvalue weighted by molar-refractivity contribution is -0.133. The largest absolute Gasteiger partial charge is 0.339 e. The van der Waals surface area contributed by atoms with Gasteiger partial charge in [0.25, 0.3) is 0 Å². The number of pyridine rings is 1. The maximum Gasteiger partial charge on any atom is 0.244 e. The molecule has 1 fully saturated rings. The first kappa shape index (κ1) is 22.2. The molecule has 174 valence electrons. The molecule has 1 amide bonds. The maximum atomic E-state index is 14.0. The first-order valence-electron chi connectivity index (χ1n) is 11.6. The van der Waals surface area contributed by atoms with Gasteiger partial charge in [-0.1, -0.05) is 48.0 Å². The Morgan fingerprint density at radius 1 is 0.971 bits per heavy atom. The normalized spacial score (nSPS) is 14.6. The van der Waals surface area contributed by atoms with Gasteiger partial charge in [0.1, 0.15) is 12.4 Å². The van der Waals surface area contributed by atoms with Gasteiger partial charge >= 0.3 is 0 Å². The third-order valence-corrected chi connectivity index (χ3v) is 6.53. The van der Waals surface area contributed by atoms with Crippen molar-refractivity contribution in [1.82, 2.24) is 24.6 Å². The second kappa shape index (κ2) is 9.35. The second-order valence-electron chi connectivity index (χ2n) is 8.91. The number of fused-ring (bicyclic) bond motifs is 1. The Morgan fingerprint density at radius 3 is 2.44 bits per heavy atom. The Morgan fingerprint density at radius 2 is 1.71 bits per heavy atom. The van der Waals surface area contributed by atoms with Crippen LogP contribution in [0.25, 0.3) is 22.2 Å². The SMILES string of the molecule is Cc1ccc(-c2ccnc3c2c(C)nn3CC(=O)N2CCN(Cc3ccccc3F)CC2)cc1. The minimum atomic E-state index is -0.181. The lowest BCUT2D eigenvalue weighted by atomic mass is 10.0. The van der Waals surface area contributed by atoms with Gasteiger partial charge in [0.15, 0.2) is 5.65 Å². The van der Waals surface area contributed by atoms with E-state index >= 15 is 0 Å². The number of carbonyl (C=O) groups excluding carboxylic acids is 1. The predicted molar refractivity (Wildman–Crippen MR) is 131 cm³/mol. The molecule has 2 aromatic carbocycles. The van der Waals surface area contributed by atoms with E-state index < -0.39 is 0 Å². The Kier molecular flexibility index (Phi) is 6.11. The summed E-state index contributed by atoms with van der Waals surface area (Å²) in [7, 11) is 0. The molecule has 0 aliphatic carbocycles. The Hall–Kier alpha value is -3.58. The molecule has 4 aromatic rings. The molecule has 5 rings (SSSR count). The Bertz CT molecular complexity index is 1320. The first-order chi connectivity index (χ1) is 16.5. The number of aromatic nitrogens is 3. The highest BCUT2D eigenvalue weighted by Crippen LogP contribution is 2.30. The van der Waals surface area contributed by atoms with Crippen LogP contribution in [-0.4, -0.2) is 56.7 Å². The van der Waals surface area contributed by atoms with Crippen LogP contribution in [0, 0.1) is 19.7 Å². The molecule has 0 atom stereocenters. The van der Waals surface area contributed by atoms with Gasteiger partial charge in [0, 0.05) is 49.9 Å². The summed E-state index contributed by atoms with van der Waals surface area (Å²) >= 11 is 0. The van der Waals surface area contributed by atoms with Gasteiger partial charge in [-0.2, -0.15) is 5.10 Å². The van der Waals surface area contributed by atoms with Crippen molar-refractivity contribution < 1.29 is 9.18 Å². The lowest BCUT2D eigenvalue weighted by Crippen LogP contribution is -2.49. The highest BCUT2D eigenvalue weighted by Gasteiger charge is 2.23. The van der Waals surface area contributed by atoms with Crippen molar-refractivity contribution >= 4 is 16.9 Å². The molecule has 6 nitrogen and oxygen atoms in total. The molecule has 0 spiro atoms. The third kappa shape index (κ3) is 4.43. The molecular weight excluding hydrogens is 429 g/mol. The quantitative estimate of drug-likeness (QED) is 0.451. The van der Waals surface area contributed by atoms with Crippen LogP contribution in [0.5, 0.6) is 0 Å². The van der Waals surface area contributed by atoms with Crippen molar-refractivity contribution in [3.8, 4) is 11.1 Å². The van der Waals surface area contributed by atoms with E-state index in [1.54, 1.807) is 16.9 Å². The third-order valence-electron chi connectivity index (χ3n) is 6.53. The van der Waals surface area contributed by atoms with Crippen molar-refractivity contribution in [3.05, 3.63) is 83.4 Å². The highest BCUT2D eigenvalue weighted by atomic mass is 19.1. The first-order valence-corrected chi connectivity index (χ1v) is 11.6. The summed E-state index contributed by atoms with van der Waals surface area (Å²) in [4.78, 5) is 21.7. The zero-order chi connectivity index (χ0) is 23.7. The molecule has 3 heterocycles. The van der Waals surface area contributed by atoms with Crippen molar-refractivity contribution in [2.24, 2.45) is 0 Å². The second-order valence-corrected chi connectivity index (χ2v) is 8.91. The lowest BCUT2D eigenvalue weighted by Gasteiger charge is -2.34. The van der Waals surface area contributed by atoms with Crippen molar-refractivity contribution in [3.63, 3.8) is 0 Å². The number of hydrogen-bond acceptors (Lipinski definition) is 4. The molecule has 0 N–H and O–H groups in total. The van der Waals surface area contributed by atoms with Gasteiger partial charge in [-0.05, 0) is 37.1 Å². The molecule has 34 heavy (non-hydrogen) atoms. The van der Waals surface area contributed by atoms with Gasteiger partial charge in [-0.25, -0.2) is 14.1 Å². The van der Waals surface area contributed by atoms with E-state index in [0.717, 1.165) is 40.9 Å². The molecule has 0 bridgehead atoms. The molecule has 1 saturated heterocycles. The van der Waals surface area contributed by atoms with Crippen LogP contribution >= 0.6 is 0 Å². The molecular formula is C27H28FN5O. The molecule has 0 radical (unpaired) electrons. The summed E-state index contributed by atoms with van der Waals surface area (Å²) in [5.41, 5.74) is 5.67. The molecule has 0 saturated carbocycles. The van der Waals surface area contributed by atoms with Crippen LogP contribution in [0.3, 0.4) is 0 Å². The number of halogens is 1. The van der Waals surface area contributed by atoms with Gasteiger partial charge < -0.3 is 4.90 Å². The fourth-order valence-electron chi connectivity index (χ4n) is 4.62. The fourth-order valence-corrected chi connectivity index (χ4v) is 4.62. The highest BCUT2D eigenvalue weighted by molar-refractivity contribution is 5.95. The predicted octanol–water partition coefficient (Wildman–Crippen LogP) is 4.20. The number of rotatable bonds is 5. The fraction of sp³-hybridized carbons (Fsp3) is 0.296.